The first kappa shape index (κ1) is 16.9. The van der Waals surface area contributed by atoms with E-state index >= 15 is 0 Å². The maximum absolute atomic E-state index is 13.7. The first-order chi connectivity index (χ1) is 11.9. The van der Waals surface area contributed by atoms with E-state index in [9.17, 15) is 9.50 Å². The van der Waals surface area contributed by atoms with Gasteiger partial charge in [0.1, 0.15) is 29.1 Å². The molecule has 3 rings (SSSR count). The number of nitriles is 1. The van der Waals surface area contributed by atoms with Gasteiger partial charge >= 0.3 is 0 Å². The number of benzene rings is 1. The summed E-state index contributed by atoms with van der Waals surface area (Å²) in [5, 5.41) is 22.8. The van der Waals surface area contributed by atoms with E-state index < -0.39 is 23.6 Å². The second-order valence-corrected chi connectivity index (χ2v) is 6.26. The van der Waals surface area contributed by atoms with Crippen molar-refractivity contribution in [2.75, 3.05) is 0 Å². The van der Waals surface area contributed by atoms with Crippen molar-refractivity contribution in [3.05, 3.63) is 59.7 Å². The number of pyridine rings is 1. The molecule has 1 aromatic carbocycles. The molecule has 6 nitrogen and oxygen atoms in total. The van der Waals surface area contributed by atoms with E-state index in [-0.39, 0.29) is 5.84 Å². The number of rotatable bonds is 2. The van der Waals surface area contributed by atoms with Crippen molar-refractivity contribution in [1.29, 1.82) is 5.26 Å². The number of aliphatic imine (C=N–C) groups is 1. The number of aliphatic hydroxyl groups is 1. The van der Waals surface area contributed by atoms with Crippen LogP contribution in [0.15, 0.2) is 47.7 Å². The van der Waals surface area contributed by atoms with Gasteiger partial charge in [0.15, 0.2) is 0 Å². The van der Waals surface area contributed by atoms with Crippen LogP contribution in [0.1, 0.15) is 31.0 Å². The van der Waals surface area contributed by atoms with Crippen molar-refractivity contribution in [2.45, 2.75) is 31.6 Å². The highest BCUT2D eigenvalue weighted by Crippen LogP contribution is 2.40. The zero-order chi connectivity index (χ0) is 18.0. The summed E-state index contributed by atoms with van der Waals surface area (Å²) in [5.41, 5.74) is 0.134. The Kier molecular flexibility index (Phi) is 4.38. The van der Waals surface area contributed by atoms with Gasteiger partial charge in [-0.25, -0.2) is 4.39 Å². The van der Waals surface area contributed by atoms with Crippen LogP contribution in [0.2, 0.25) is 0 Å². The molecule has 0 amide bonds. The second-order valence-electron chi connectivity index (χ2n) is 6.26. The maximum atomic E-state index is 13.7. The number of aromatic nitrogens is 1. The molecule has 1 aliphatic heterocycles. The molecule has 0 radical (unpaired) electrons. The molecule has 2 aromatic rings. The van der Waals surface area contributed by atoms with E-state index in [0.717, 1.165) is 0 Å². The summed E-state index contributed by atoms with van der Waals surface area (Å²) in [6.45, 7) is 3.48. The van der Waals surface area contributed by atoms with Crippen LogP contribution < -0.4 is 10.1 Å². The lowest BCUT2D eigenvalue weighted by Gasteiger charge is -2.42. The van der Waals surface area contributed by atoms with Crippen LogP contribution in [0.5, 0.6) is 5.75 Å². The summed E-state index contributed by atoms with van der Waals surface area (Å²) in [6, 6.07) is 6.87. The number of ether oxygens (including phenoxy) is 1. The molecule has 1 aromatic heterocycles. The van der Waals surface area contributed by atoms with Gasteiger partial charge in [-0.05, 0) is 44.2 Å². The summed E-state index contributed by atoms with van der Waals surface area (Å²) in [4.78, 5) is 7.80. The first-order valence-corrected chi connectivity index (χ1v) is 7.72. The van der Waals surface area contributed by atoms with Gasteiger partial charge in [0.25, 0.3) is 0 Å². The number of aliphatic hydroxyl groups excluding tert-OH is 1. The van der Waals surface area contributed by atoms with E-state index in [1.165, 1.54) is 18.2 Å². The minimum absolute atomic E-state index is 0.243. The highest BCUT2D eigenvalue weighted by atomic mass is 19.1. The molecule has 0 spiro atoms. The third-order valence-electron chi connectivity index (χ3n) is 4.10. The smallest absolute Gasteiger partial charge is 0.207 e. The molecular formula is C18H17FN4O2. The molecule has 0 saturated carbocycles. The maximum Gasteiger partial charge on any atom is 0.207 e. The quantitative estimate of drug-likeness (QED) is 0.497. The number of nitrogens with zero attached hydrogens (tertiary/aromatic N) is 3. The van der Waals surface area contributed by atoms with Gasteiger partial charge in [0, 0.05) is 23.5 Å². The summed E-state index contributed by atoms with van der Waals surface area (Å²) in [5.74, 6) is 0.269. The topological polar surface area (TPSA) is 90.5 Å². The third kappa shape index (κ3) is 3.30. The average Bonchev–Trinajstić information content (AvgIpc) is 2.59. The molecule has 25 heavy (non-hydrogen) atoms. The molecule has 7 heteroatoms. The molecule has 1 aliphatic rings. The lowest BCUT2D eigenvalue weighted by Crippen LogP contribution is -2.53. The van der Waals surface area contributed by atoms with Crippen molar-refractivity contribution in [3.8, 4) is 11.9 Å². The molecule has 128 valence electrons. The zero-order valence-electron chi connectivity index (χ0n) is 13.8. The van der Waals surface area contributed by atoms with Crippen molar-refractivity contribution in [2.24, 2.45) is 4.99 Å². The summed E-state index contributed by atoms with van der Waals surface area (Å²) in [7, 11) is 0. The van der Waals surface area contributed by atoms with Gasteiger partial charge < -0.3 is 15.2 Å². The van der Waals surface area contributed by atoms with Crippen molar-refractivity contribution in [1.82, 2.24) is 10.3 Å². The fourth-order valence-corrected chi connectivity index (χ4v) is 2.81. The predicted molar refractivity (Wildman–Crippen MR) is 89.4 cm³/mol. The van der Waals surface area contributed by atoms with Crippen LogP contribution in [-0.2, 0) is 0 Å². The zero-order valence-corrected chi connectivity index (χ0v) is 13.8. The van der Waals surface area contributed by atoms with Gasteiger partial charge in [-0.1, -0.05) is 0 Å². The van der Waals surface area contributed by atoms with Gasteiger partial charge in [0.05, 0.1) is 6.04 Å². The molecule has 0 bridgehead atoms. The Hall–Kier alpha value is -2.98. The van der Waals surface area contributed by atoms with Gasteiger partial charge in [-0.15, -0.1) is 0 Å². The van der Waals surface area contributed by atoms with Gasteiger partial charge in [0.2, 0.25) is 6.19 Å². The van der Waals surface area contributed by atoms with Crippen LogP contribution in [0.3, 0.4) is 0 Å². The largest absolute Gasteiger partial charge is 0.485 e. The number of amidine groups is 1. The fourth-order valence-electron chi connectivity index (χ4n) is 2.81. The molecule has 0 aliphatic carbocycles. The summed E-state index contributed by atoms with van der Waals surface area (Å²) in [6.07, 6.45) is 3.89. The Balaban J connectivity index is 2.04. The highest BCUT2D eigenvalue weighted by Gasteiger charge is 2.43. The monoisotopic (exact) mass is 340 g/mol. The SMILES string of the molecule is CC1(C)Oc2ccc(F)cc2[C@@H](NC(=NC#N)c2cccnc2)[C@@H]1O. The second kappa shape index (κ2) is 6.49. The number of nitrogens with one attached hydrogen (secondary N) is 1. The molecule has 0 saturated heterocycles. The molecule has 2 heterocycles. The molecule has 0 unspecified atom stereocenters. The van der Waals surface area contributed by atoms with Crippen LogP contribution >= 0.6 is 0 Å². The standard InChI is InChI=1S/C18H17FN4O2/c1-18(2)16(24)15(13-8-12(19)5-6-14(13)25-18)23-17(22-10-20)11-4-3-7-21-9-11/h3-9,15-16,24H,1-2H3,(H,22,23)/t15-,16+/m1/s1. The number of halogens is 1. The third-order valence-corrected chi connectivity index (χ3v) is 4.10. The lowest BCUT2D eigenvalue weighted by atomic mass is 9.86. The molecule has 0 fully saturated rings. The Morgan fingerprint density at radius 2 is 2.24 bits per heavy atom. The molecular weight excluding hydrogens is 323 g/mol. The Morgan fingerprint density at radius 1 is 1.44 bits per heavy atom. The van der Waals surface area contributed by atoms with Crippen LogP contribution in [0.25, 0.3) is 0 Å². The predicted octanol–water partition coefficient (Wildman–Crippen LogP) is 2.31. The van der Waals surface area contributed by atoms with Crippen LogP contribution in [-0.4, -0.2) is 27.6 Å². The number of hydrogen-bond donors (Lipinski definition) is 2. The number of fused-ring (bicyclic) bond motifs is 1. The molecule has 2 atom stereocenters. The number of hydrogen-bond acceptors (Lipinski definition) is 5. The van der Waals surface area contributed by atoms with Crippen LogP contribution in [0, 0.1) is 17.3 Å². The Morgan fingerprint density at radius 3 is 2.92 bits per heavy atom. The summed E-state index contributed by atoms with van der Waals surface area (Å²) < 4.78 is 19.5. The highest BCUT2D eigenvalue weighted by molar-refractivity contribution is 5.99. The minimum Gasteiger partial charge on any atom is -0.485 e. The normalized spacial score (nSPS) is 21.6. The Bertz CT molecular complexity index is 846. The van der Waals surface area contributed by atoms with Crippen molar-refractivity contribution < 1.29 is 14.2 Å². The van der Waals surface area contributed by atoms with E-state index in [1.807, 2.05) is 0 Å². The minimum atomic E-state index is -0.998. The lowest BCUT2D eigenvalue weighted by molar-refractivity contribution is -0.0611. The van der Waals surface area contributed by atoms with E-state index in [1.54, 1.807) is 44.6 Å². The van der Waals surface area contributed by atoms with Crippen molar-refractivity contribution >= 4 is 5.84 Å². The van der Waals surface area contributed by atoms with E-state index in [2.05, 4.69) is 15.3 Å². The van der Waals surface area contributed by atoms with E-state index in [4.69, 9.17) is 10.00 Å². The first-order valence-electron chi connectivity index (χ1n) is 7.72. The summed E-state index contributed by atoms with van der Waals surface area (Å²) >= 11 is 0. The van der Waals surface area contributed by atoms with Crippen molar-refractivity contribution in [3.63, 3.8) is 0 Å². The Labute approximate surface area is 144 Å². The average molecular weight is 340 g/mol. The molecule has 2 N–H and O–H groups in total. The van der Waals surface area contributed by atoms with E-state index in [0.29, 0.717) is 16.9 Å². The fraction of sp³-hybridized carbons (Fsp3) is 0.278. The van der Waals surface area contributed by atoms with Gasteiger partial charge in [-0.2, -0.15) is 10.3 Å². The van der Waals surface area contributed by atoms with Gasteiger partial charge in [-0.3, -0.25) is 4.98 Å². The van der Waals surface area contributed by atoms with Crippen LogP contribution in [0.4, 0.5) is 4.39 Å².